The average molecular weight is 294 g/mol. The van der Waals surface area contributed by atoms with Gasteiger partial charge in [0.2, 0.25) is 0 Å². The summed E-state index contributed by atoms with van der Waals surface area (Å²) in [7, 11) is 0. The van der Waals surface area contributed by atoms with Gasteiger partial charge in [0, 0.05) is 0 Å². The zero-order chi connectivity index (χ0) is 15.6. The zero-order valence-corrected chi connectivity index (χ0v) is 12.7. The summed E-state index contributed by atoms with van der Waals surface area (Å²) in [6.07, 6.45) is 2.61. The predicted octanol–water partition coefficient (Wildman–Crippen LogP) is 2.61. The molecule has 0 bridgehead atoms. The van der Waals surface area contributed by atoms with E-state index in [0.29, 0.717) is 6.54 Å². The molecule has 0 aromatic heterocycles. The number of fused-ring (bicyclic) bond motifs is 3. The number of unbranched alkanes of at least 4 members (excludes halogenated alkanes) is 1. The van der Waals surface area contributed by atoms with Crippen LogP contribution in [-0.2, 0) is 10.2 Å². The standard InChI is InChI=1S/C19H22N2O/c20-12-6-5-11-19(18(22)13-21)16-9-3-1-7-14(16)15-8-2-4-10-17(15)19/h1-4,7-10H,5-6,11-13,20-21H2. The number of carbonyl (C=O) groups excluding carboxylic acids is 1. The van der Waals surface area contributed by atoms with E-state index in [4.69, 9.17) is 11.5 Å². The molecule has 0 saturated carbocycles. The quantitative estimate of drug-likeness (QED) is 0.805. The van der Waals surface area contributed by atoms with Gasteiger partial charge in [-0.1, -0.05) is 55.0 Å². The first-order chi connectivity index (χ1) is 10.8. The SMILES string of the molecule is NCCCCC1(C(=O)CN)c2ccccc2-c2ccccc21. The maximum Gasteiger partial charge on any atom is 0.161 e. The van der Waals surface area contributed by atoms with Crippen molar-refractivity contribution >= 4 is 5.78 Å². The van der Waals surface area contributed by atoms with Crippen molar-refractivity contribution in [1.29, 1.82) is 0 Å². The second-order valence-corrected chi connectivity index (χ2v) is 5.87. The molecule has 4 N–H and O–H groups in total. The van der Waals surface area contributed by atoms with Gasteiger partial charge < -0.3 is 11.5 Å². The second kappa shape index (κ2) is 6.03. The first-order valence-corrected chi connectivity index (χ1v) is 7.88. The van der Waals surface area contributed by atoms with Crippen molar-refractivity contribution in [2.75, 3.05) is 13.1 Å². The maximum absolute atomic E-state index is 12.9. The Hall–Kier alpha value is -1.97. The monoisotopic (exact) mass is 294 g/mol. The minimum Gasteiger partial charge on any atom is -0.330 e. The Morgan fingerprint density at radius 1 is 0.864 bits per heavy atom. The van der Waals surface area contributed by atoms with Crippen LogP contribution in [0.3, 0.4) is 0 Å². The average Bonchev–Trinajstić information content (AvgIpc) is 2.86. The Morgan fingerprint density at radius 2 is 1.41 bits per heavy atom. The highest BCUT2D eigenvalue weighted by Crippen LogP contribution is 2.51. The summed E-state index contributed by atoms with van der Waals surface area (Å²) >= 11 is 0. The van der Waals surface area contributed by atoms with E-state index in [0.717, 1.165) is 41.5 Å². The minimum atomic E-state index is -0.600. The van der Waals surface area contributed by atoms with Crippen LogP contribution >= 0.6 is 0 Å². The molecule has 3 heteroatoms. The lowest BCUT2D eigenvalue weighted by atomic mass is 9.71. The number of hydrogen-bond acceptors (Lipinski definition) is 3. The van der Waals surface area contributed by atoms with Crippen LogP contribution < -0.4 is 11.5 Å². The number of carbonyl (C=O) groups is 1. The van der Waals surface area contributed by atoms with E-state index >= 15 is 0 Å². The van der Waals surface area contributed by atoms with Gasteiger partial charge in [0.1, 0.15) is 0 Å². The van der Waals surface area contributed by atoms with E-state index in [1.807, 2.05) is 24.3 Å². The molecule has 0 aliphatic heterocycles. The molecule has 114 valence electrons. The zero-order valence-electron chi connectivity index (χ0n) is 12.7. The van der Waals surface area contributed by atoms with Crippen molar-refractivity contribution in [3.63, 3.8) is 0 Å². The molecule has 0 spiro atoms. The molecule has 0 radical (unpaired) electrons. The third-order valence-corrected chi connectivity index (χ3v) is 4.73. The molecule has 22 heavy (non-hydrogen) atoms. The Bertz CT molecular complexity index is 648. The van der Waals surface area contributed by atoms with Crippen molar-refractivity contribution in [2.24, 2.45) is 11.5 Å². The minimum absolute atomic E-state index is 0.0608. The Morgan fingerprint density at radius 3 is 1.91 bits per heavy atom. The molecule has 1 aliphatic carbocycles. The molecule has 0 fully saturated rings. The molecule has 0 amide bonds. The Balaban J connectivity index is 2.21. The van der Waals surface area contributed by atoms with Gasteiger partial charge in [0.15, 0.2) is 5.78 Å². The van der Waals surface area contributed by atoms with Crippen LogP contribution in [-0.4, -0.2) is 18.9 Å². The van der Waals surface area contributed by atoms with Crippen LogP contribution in [0.4, 0.5) is 0 Å². The summed E-state index contributed by atoms with van der Waals surface area (Å²) in [4.78, 5) is 12.9. The van der Waals surface area contributed by atoms with Gasteiger partial charge in [-0.05, 0) is 41.6 Å². The second-order valence-electron chi connectivity index (χ2n) is 5.87. The number of rotatable bonds is 6. The van der Waals surface area contributed by atoms with Gasteiger partial charge >= 0.3 is 0 Å². The summed E-state index contributed by atoms with van der Waals surface area (Å²) < 4.78 is 0. The lowest BCUT2D eigenvalue weighted by Crippen LogP contribution is -2.39. The largest absolute Gasteiger partial charge is 0.330 e. The lowest BCUT2D eigenvalue weighted by Gasteiger charge is -2.30. The number of hydrogen-bond donors (Lipinski definition) is 2. The predicted molar refractivity (Wildman–Crippen MR) is 89.6 cm³/mol. The van der Waals surface area contributed by atoms with Crippen molar-refractivity contribution in [3.05, 3.63) is 59.7 Å². The number of Topliss-reactive ketones (excluding diaryl/α,β-unsaturated/α-hetero) is 1. The fourth-order valence-corrected chi connectivity index (χ4v) is 3.74. The highest BCUT2D eigenvalue weighted by Gasteiger charge is 2.47. The molecule has 0 saturated heterocycles. The third-order valence-electron chi connectivity index (χ3n) is 4.73. The Kier molecular flexibility index (Phi) is 4.10. The van der Waals surface area contributed by atoms with Crippen LogP contribution in [0, 0.1) is 0 Å². The molecule has 2 aromatic carbocycles. The highest BCUT2D eigenvalue weighted by atomic mass is 16.1. The molecule has 1 aliphatic rings. The highest BCUT2D eigenvalue weighted by molar-refractivity contribution is 6.02. The van der Waals surface area contributed by atoms with E-state index in [1.54, 1.807) is 0 Å². The van der Waals surface area contributed by atoms with E-state index < -0.39 is 5.41 Å². The fraction of sp³-hybridized carbons (Fsp3) is 0.316. The molecular formula is C19H22N2O. The van der Waals surface area contributed by atoms with Gasteiger partial charge in [-0.2, -0.15) is 0 Å². The maximum atomic E-state index is 12.9. The summed E-state index contributed by atoms with van der Waals surface area (Å²) in [6, 6.07) is 16.4. The van der Waals surface area contributed by atoms with Gasteiger partial charge in [-0.15, -0.1) is 0 Å². The van der Waals surface area contributed by atoms with Crippen LogP contribution in [0.15, 0.2) is 48.5 Å². The Labute approximate surface area is 131 Å². The van der Waals surface area contributed by atoms with Crippen molar-refractivity contribution in [2.45, 2.75) is 24.7 Å². The number of benzene rings is 2. The van der Waals surface area contributed by atoms with Gasteiger partial charge in [-0.3, -0.25) is 4.79 Å². The summed E-state index contributed by atoms with van der Waals surface area (Å²) in [6.45, 7) is 0.710. The third kappa shape index (κ3) is 2.09. The van der Waals surface area contributed by atoms with Crippen LogP contribution in [0.2, 0.25) is 0 Å². The molecule has 3 rings (SSSR count). The van der Waals surface area contributed by atoms with E-state index in [9.17, 15) is 4.79 Å². The van der Waals surface area contributed by atoms with Crippen molar-refractivity contribution in [3.8, 4) is 11.1 Å². The molecule has 2 aromatic rings. The van der Waals surface area contributed by atoms with Crippen LogP contribution in [0.5, 0.6) is 0 Å². The van der Waals surface area contributed by atoms with Crippen LogP contribution in [0.25, 0.3) is 11.1 Å². The van der Waals surface area contributed by atoms with Gasteiger partial charge in [-0.25, -0.2) is 0 Å². The topological polar surface area (TPSA) is 69.1 Å². The van der Waals surface area contributed by atoms with Gasteiger partial charge in [0.25, 0.3) is 0 Å². The molecule has 0 heterocycles. The van der Waals surface area contributed by atoms with Gasteiger partial charge in [0.05, 0.1) is 12.0 Å². The molecule has 0 unspecified atom stereocenters. The molecule has 3 nitrogen and oxygen atoms in total. The molecular weight excluding hydrogens is 272 g/mol. The number of ketones is 1. The summed E-state index contributed by atoms with van der Waals surface area (Å²) in [5.41, 5.74) is 15.3. The van der Waals surface area contributed by atoms with Crippen molar-refractivity contribution in [1.82, 2.24) is 0 Å². The molecule has 0 atom stereocenters. The van der Waals surface area contributed by atoms with E-state index in [-0.39, 0.29) is 12.3 Å². The lowest BCUT2D eigenvalue weighted by molar-refractivity contribution is -0.122. The normalized spacial score (nSPS) is 14.5. The van der Waals surface area contributed by atoms with E-state index in [1.165, 1.54) is 0 Å². The number of nitrogens with two attached hydrogens (primary N) is 2. The fourth-order valence-electron chi connectivity index (χ4n) is 3.74. The first-order valence-electron chi connectivity index (χ1n) is 7.88. The summed E-state index contributed by atoms with van der Waals surface area (Å²) in [5, 5.41) is 0. The summed E-state index contributed by atoms with van der Waals surface area (Å²) in [5.74, 6) is 0.0990. The first kappa shape index (κ1) is 14.9. The smallest absolute Gasteiger partial charge is 0.161 e. The van der Waals surface area contributed by atoms with E-state index in [2.05, 4.69) is 24.3 Å². The van der Waals surface area contributed by atoms with Crippen LogP contribution in [0.1, 0.15) is 30.4 Å². The van der Waals surface area contributed by atoms with Crippen molar-refractivity contribution < 1.29 is 4.79 Å².